The van der Waals surface area contributed by atoms with Gasteiger partial charge in [0.1, 0.15) is 0 Å². The third-order valence-corrected chi connectivity index (χ3v) is 3.14. The zero-order valence-corrected chi connectivity index (χ0v) is 10.2. The Kier molecular flexibility index (Phi) is 5.62. The van der Waals surface area contributed by atoms with Crippen molar-refractivity contribution in [3.8, 4) is 0 Å². The average molecular weight is 186 g/mol. The quantitative estimate of drug-likeness (QED) is 0.612. The van der Waals surface area contributed by atoms with E-state index >= 15 is 0 Å². The molecule has 0 saturated carbocycles. The van der Waals surface area contributed by atoms with Crippen LogP contribution >= 0.6 is 0 Å². The molecule has 0 bridgehead atoms. The summed E-state index contributed by atoms with van der Waals surface area (Å²) in [5.41, 5.74) is 0.0783. The predicted molar refractivity (Wildman–Crippen MR) is 58.9 cm³/mol. The summed E-state index contributed by atoms with van der Waals surface area (Å²) < 4.78 is 5.58. The molecule has 1 unspecified atom stereocenters. The minimum atomic E-state index is 0.0783. The van der Waals surface area contributed by atoms with Crippen molar-refractivity contribution in [3.63, 3.8) is 0 Å². The van der Waals surface area contributed by atoms with E-state index in [0.29, 0.717) is 5.92 Å². The third kappa shape index (κ3) is 4.66. The van der Waals surface area contributed by atoms with Gasteiger partial charge in [-0.15, -0.1) is 0 Å². The minimum Gasteiger partial charge on any atom is -0.378 e. The first-order valence-corrected chi connectivity index (χ1v) is 5.47. The van der Waals surface area contributed by atoms with E-state index in [0.717, 1.165) is 5.92 Å². The molecule has 0 fully saturated rings. The van der Waals surface area contributed by atoms with Crippen LogP contribution in [-0.4, -0.2) is 12.7 Å². The molecule has 0 rings (SSSR count). The fourth-order valence-electron chi connectivity index (χ4n) is 1.49. The van der Waals surface area contributed by atoms with E-state index in [9.17, 15) is 0 Å². The molecule has 0 saturated heterocycles. The summed E-state index contributed by atoms with van der Waals surface area (Å²) in [4.78, 5) is 0. The first-order chi connectivity index (χ1) is 5.92. The molecule has 0 aromatic heterocycles. The van der Waals surface area contributed by atoms with Crippen molar-refractivity contribution in [3.05, 3.63) is 0 Å². The van der Waals surface area contributed by atoms with Crippen molar-refractivity contribution in [2.24, 2.45) is 11.8 Å². The first kappa shape index (κ1) is 13.0. The molecule has 0 aromatic rings. The lowest BCUT2D eigenvalue weighted by molar-refractivity contribution is -0.0406. The smallest absolute Gasteiger partial charge is 0.0673 e. The topological polar surface area (TPSA) is 9.23 Å². The Morgan fingerprint density at radius 3 is 2.00 bits per heavy atom. The van der Waals surface area contributed by atoms with Crippen LogP contribution in [0.15, 0.2) is 0 Å². The summed E-state index contributed by atoms with van der Waals surface area (Å²) in [6, 6.07) is 0. The minimum absolute atomic E-state index is 0.0783. The molecular weight excluding hydrogens is 160 g/mol. The lowest BCUT2D eigenvalue weighted by atomic mass is 9.86. The van der Waals surface area contributed by atoms with E-state index in [1.165, 1.54) is 19.3 Å². The molecule has 0 heterocycles. The Morgan fingerprint density at radius 2 is 1.69 bits per heavy atom. The molecule has 0 spiro atoms. The SMILES string of the molecule is COC(C)(CCCC(C)C)C(C)C. The summed E-state index contributed by atoms with van der Waals surface area (Å²) in [5, 5.41) is 0. The maximum atomic E-state index is 5.58. The van der Waals surface area contributed by atoms with E-state index in [1.54, 1.807) is 0 Å². The number of ether oxygens (including phenoxy) is 1. The van der Waals surface area contributed by atoms with Gasteiger partial charge in [0.25, 0.3) is 0 Å². The highest BCUT2D eigenvalue weighted by Crippen LogP contribution is 2.27. The van der Waals surface area contributed by atoms with Gasteiger partial charge in [0.2, 0.25) is 0 Å². The van der Waals surface area contributed by atoms with E-state index in [1.807, 2.05) is 7.11 Å². The Hall–Kier alpha value is -0.0400. The average Bonchev–Trinajstić information content (AvgIpc) is 2.03. The Balaban J connectivity index is 3.84. The molecule has 1 atom stereocenters. The van der Waals surface area contributed by atoms with E-state index in [-0.39, 0.29) is 5.60 Å². The monoisotopic (exact) mass is 186 g/mol. The Morgan fingerprint density at radius 1 is 1.15 bits per heavy atom. The number of rotatable bonds is 6. The highest BCUT2D eigenvalue weighted by Gasteiger charge is 2.26. The fraction of sp³-hybridized carbons (Fsp3) is 1.00. The molecule has 0 aliphatic rings. The maximum Gasteiger partial charge on any atom is 0.0673 e. The second-order valence-corrected chi connectivity index (χ2v) is 4.96. The van der Waals surface area contributed by atoms with Crippen LogP contribution < -0.4 is 0 Å². The Labute approximate surface area is 83.9 Å². The van der Waals surface area contributed by atoms with Crippen molar-refractivity contribution >= 4 is 0 Å². The van der Waals surface area contributed by atoms with Crippen LogP contribution in [0.2, 0.25) is 0 Å². The van der Waals surface area contributed by atoms with Gasteiger partial charge in [0.05, 0.1) is 5.60 Å². The van der Waals surface area contributed by atoms with Crippen LogP contribution in [0.5, 0.6) is 0 Å². The fourth-order valence-corrected chi connectivity index (χ4v) is 1.49. The lowest BCUT2D eigenvalue weighted by Gasteiger charge is -2.32. The van der Waals surface area contributed by atoms with Gasteiger partial charge in [-0.2, -0.15) is 0 Å². The molecule has 1 heteroatoms. The first-order valence-electron chi connectivity index (χ1n) is 5.47. The molecule has 0 aromatic carbocycles. The van der Waals surface area contributed by atoms with Crippen LogP contribution in [0.25, 0.3) is 0 Å². The van der Waals surface area contributed by atoms with E-state index < -0.39 is 0 Å². The maximum absolute atomic E-state index is 5.58. The Bertz CT molecular complexity index is 129. The molecule has 0 aliphatic carbocycles. The van der Waals surface area contributed by atoms with Gasteiger partial charge in [0, 0.05) is 7.11 Å². The summed E-state index contributed by atoms with van der Waals surface area (Å²) in [6.07, 6.45) is 3.77. The highest BCUT2D eigenvalue weighted by atomic mass is 16.5. The van der Waals surface area contributed by atoms with Crippen molar-refractivity contribution in [1.29, 1.82) is 0 Å². The van der Waals surface area contributed by atoms with Crippen LogP contribution in [0.1, 0.15) is 53.9 Å². The van der Waals surface area contributed by atoms with E-state index in [2.05, 4.69) is 34.6 Å². The standard InChI is InChI=1S/C12H26O/c1-10(2)8-7-9-12(5,13-6)11(3)4/h10-11H,7-9H2,1-6H3. The van der Waals surface area contributed by atoms with Crippen molar-refractivity contribution in [2.75, 3.05) is 7.11 Å². The van der Waals surface area contributed by atoms with Crippen molar-refractivity contribution in [1.82, 2.24) is 0 Å². The lowest BCUT2D eigenvalue weighted by Crippen LogP contribution is -2.33. The molecule has 0 N–H and O–H groups in total. The second-order valence-electron chi connectivity index (χ2n) is 4.96. The second kappa shape index (κ2) is 5.64. The molecule has 80 valence electrons. The zero-order valence-electron chi connectivity index (χ0n) is 10.2. The van der Waals surface area contributed by atoms with Gasteiger partial charge < -0.3 is 4.74 Å². The van der Waals surface area contributed by atoms with Crippen LogP contribution in [-0.2, 0) is 4.74 Å². The number of hydrogen-bond acceptors (Lipinski definition) is 1. The summed E-state index contributed by atoms with van der Waals surface area (Å²) in [5.74, 6) is 1.41. The largest absolute Gasteiger partial charge is 0.378 e. The normalized spacial score (nSPS) is 16.6. The van der Waals surface area contributed by atoms with E-state index in [4.69, 9.17) is 4.74 Å². The van der Waals surface area contributed by atoms with Gasteiger partial charge in [-0.1, -0.05) is 40.5 Å². The number of hydrogen-bond donors (Lipinski definition) is 0. The van der Waals surface area contributed by atoms with Gasteiger partial charge in [-0.05, 0) is 25.2 Å². The third-order valence-electron chi connectivity index (χ3n) is 3.14. The summed E-state index contributed by atoms with van der Waals surface area (Å²) >= 11 is 0. The molecule has 0 amide bonds. The van der Waals surface area contributed by atoms with Gasteiger partial charge in [-0.25, -0.2) is 0 Å². The number of methoxy groups -OCH3 is 1. The molecule has 0 radical (unpaired) electrons. The molecular formula is C12H26O. The van der Waals surface area contributed by atoms with Crippen molar-refractivity contribution < 1.29 is 4.74 Å². The van der Waals surface area contributed by atoms with Gasteiger partial charge in [0.15, 0.2) is 0 Å². The predicted octanol–water partition coefficient (Wildman–Crippen LogP) is 3.87. The summed E-state index contributed by atoms with van der Waals surface area (Å²) in [7, 11) is 1.83. The molecule has 0 aliphatic heterocycles. The van der Waals surface area contributed by atoms with Crippen LogP contribution in [0, 0.1) is 11.8 Å². The van der Waals surface area contributed by atoms with Crippen LogP contribution in [0.3, 0.4) is 0 Å². The van der Waals surface area contributed by atoms with Gasteiger partial charge >= 0.3 is 0 Å². The van der Waals surface area contributed by atoms with Crippen LogP contribution in [0.4, 0.5) is 0 Å². The van der Waals surface area contributed by atoms with Gasteiger partial charge in [-0.3, -0.25) is 0 Å². The summed E-state index contributed by atoms with van der Waals surface area (Å²) in [6.45, 7) is 11.2. The zero-order chi connectivity index (χ0) is 10.5. The van der Waals surface area contributed by atoms with Crippen molar-refractivity contribution in [2.45, 2.75) is 59.5 Å². The molecule has 13 heavy (non-hydrogen) atoms. The highest BCUT2D eigenvalue weighted by molar-refractivity contribution is 4.78. The molecule has 1 nitrogen and oxygen atoms in total.